The molecule has 4 nitrogen and oxygen atoms in total. The van der Waals surface area contributed by atoms with Crippen LogP contribution in [0.5, 0.6) is 5.75 Å². The van der Waals surface area contributed by atoms with Crippen LogP contribution in [-0.4, -0.2) is 17.4 Å². The monoisotopic (exact) mass is 301 g/mol. The fourth-order valence-electron chi connectivity index (χ4n) is 2.19. The second-order valence-corrected chi connectivity index (χ2v) is 5.90. The fourth-order valence-corrected chi connectivity index (χ4v) is 2.19. The first-order chi connectivity index (χ1) is 10.4. The van der Waals surface area contributed by atoms with Crippen molar-refractivity contribution in [2.24, 2.45) is 0 Å². The van der Waals surface area contributed by atoms with Crippen LogP contribution < -0.4 is 4.74 Å². The van der Waals surface area contributed by atoms with Crippen LogP contribution in [0.4, 0.5) is 0 Å². The summed E-state index contributed by atoms with van der Waals surface area (Å²) in [4.78, 5) is 0. The van der Waals surface area contributed by atoms with Crippen LogP contribution in [0.2, 0.25) is 0 Å². The van der Waals surface area contributed by atoms with Crippen LogP contribution in [0.1, 0.15) is 39.4 Å². The molecule has 1 N–H and O–H groups in total. The first-order valence-corrected chi connectivity index (χ1v) is 7.40. The second-order valence-electron chi connectivity index (χ2n) is 5.90. The van der Waals surface area contributed by atoms with E-state index in [-0.39, 0.29) is 0 Å². The lowest BCUT2D eigenvalue weighted by Gasteiger charge is -2.18. The highest BCUT2D eigenvalue weighted by Crippen LogP contribution is 2.30. The van der Waals surface area contributed by atoms with Crippen molar-refractivity contribution in [3.63, 3.8) is 0 Å². The van der Waals surface area contributed by atoms with Gasteiger partial charge in [0.25, 0.3) is 0 Å². The number of aliphatic hydroxyl groups is 1. The molecule has 0 aliphatic heterocycles. The fraction of sp³-hybridized carbons (Fsp3) is 0.389. The van der Waals surface area contributed by atoms with Crippen LogP contribution in [-0.2, 0) is 5.60 Å². The summed E-state index contributed by atoms with van der Waals surface area (Å²) in [6, 6.07) is 9.37. The first kappa shape index (κ1) is 16.3. The van der Waals surface area contributed by atoms with Gasteiger partial charge in [-0.2, -0.15) is 0 Å². The summed E-state index contributed by atoms with van der Waals surface area (Å²) >= 11 is 0. The number of nitrogens with zero attached hydrogens (tertiary/aromatic N) is 1. The maximum absolute atomic E-state index is 10.6. The van der Waals surface area contributed by atoms with Gasteiger partial charge < -0.3 is 14.4 Å². The van der Waals surface area contributed by atoms with E-state index in [2.05, 4.69) is 11.2 Å². The van der Waals surface area contributed by atoms with E-state index in [9.17, 15) is 5.11 Å². The van der Waals surface area contributed by atoms with Crippen molar-refractivity contribution in [3.05, 3.63) is 47.7 Å². The number of hydrogen-bond acceptors (Lipinski definition) is 4. The molecule has 1 aromatic carbocycles. The third kappa shape index (κ3) is 3.98. The Morgan fingerprint density at radius 2 is 2.00 bits per heavy atom. The molecular formula is C18H23NO3. The molecule has 0 radical (unpaired) electrons. The molecule has 0 fully saturated rings. The Kier molecular flexibility index (Phi) is 5.03. The number of rotatable bonds is 6. The van der Waals surface area contributed by atoms with Gasteiger partial charge in [-0.05, 0) is 57.9 Å². The molecule has 0 bridgehead atoms. The number of ether oxygens (including phenoxy) is 1. The Morgan fingerprint density at radius 1 is 1.32 bits per heavy atom. The topological polar surface area (TPSA) is 55.5 Å². The molecule has 0 saturated carbocycles. The summed E-state index contributed by atoms with van der Waals surface area (Å²) in [7, 11) is 1.63. The molecule has 1 heterocycles. The minimum Gasteiger partial charge on any atom is -0.497 e. The van der Waals surface area contributed by atoms with Gasteiger partial charge in [-0.15, -0.1) is 0 Å². The summed E-state index contributed by atoms with van der Waals surface area (Å²) in [5.41, 5.74) is 1.85. The molecule has 22 heavy (non-hydrogen) atoms. The van der Waals surface area contributed by atoms with Crippen LogP contribution >= 0.6 is 0 Å². The number of allylic oxidation sites excluding steroid dienone is 2. The summed E-state index contributed by atoms with van der Waals surface area (Å²) in [6.07, 6.45) is 3.50. The smallest absolute Gasteiger partial charge is 0.168 e. The van der Waals surface area contributed by atoms with Gasteiger partial charge >= 0.3 is 0 Å². The highest BCUT2D eigenvalue weighted by Gasteiger charge is 2.27. The Morgan fingerprint density at radius 3 is 2.59 bits per heavy atom. The standard InChI is InChI=1S/C18H23NO3/c1-13(2)6-5-11-18(3,20)17-12-16(19-22-17)14-7-9-15(21-4)10-8-14/h6-10,12,20H,5,11H2,1-4H3/t18-/m1/s1. The molecular weight excluding hydrogens is 278 g/mol. The number of hydrogen-bond donors (Lipinski definition) is 1. The van der Waals surface area contributed by atoms with Gasteiger partial charge in [0.2, 0.25) is 0 Å². The van der Waals surface area contributed by atoms with Crippen LogP contribution in [0, 0.1) is 0 Å². The maximum atomic E-state index is 10.6. The van der Waals surface area contributed by atoms with E-state index in [4.69, 9.17) is 9.26 Å². The maximum Gasteiger partial charge on any atom is 0.168 e. The van der Waals surface area contributed by atoms with Gasteiger partial charge in [0.05, 0.1) is 7.11 Å². The highest BCUT2D eigenvalue weighted by atomic mass is 16.5. The predicted octanol–water partition coefficient (Wildman–Crippen LogP) is 4.30. The molecule has 0 spiro atoms. The molecule has 0 saturated heterocycles. The molecule has 2 rings (SSSR count). The summed E-state index contributed by atoms with van der Waals surface area (Å²) in [5, 5.41) is 14.6. The van der Waals surface area contributed by atoms with Gasteiger partial charge in [0, 0.05) is 11.6 Å². The lowest BCUT2D eigenvalue weighted by Crippen LogP contribution is -2.19. The summed E-state index contributed by atoms with van der Waals surface area (Å²) < 4.78 is 10.5. The first-order valence-electron chi connectivity index (χ1n) is 7.40. The Bertz CT molecular complexity index is 635. The molecule has 118 valence electrons. The Labute approximate surface area is 131 Å². The highest BCUT2D eigenvalue weighted by molar-refractivity contribution is 5.60. The van der Waals surface area contributed by atoms with Gasteiger partial charge in [0.1, 0.15) is 17.0 Å². The van der Waals surface area contributed by atoms with Crippen molar-refractivity contribution < 1.29 is 14.4 Å². The molecule has 0 aliphatic carbocycles. The third-order valence-electron chi connectivity index (χ3n) is 3.61. The second kappa shape index (κ2) is 6.79. The summed E-state index contributed by atoms with van der Waals surface area (Å²) in [6.45, 7) is 5.85. The van der Waals surface area contributed by atoms with Crippen LogP contribution in [0.3, 0.4) is 0 Å². The largest absolute Gasteiger partial charge is 0.497 e. The minimum absolute atomic E-state index is 0.487. The predicted molar refractivity (Wildman–Crippen MR) is 86.7 cm³/mol. The van der Waals surface area contributed by atoms with Crippen molar-refractivity contribution in [2.45, 2.75) is 39.2 Å². The number of methoxy groups -OCH3 is 1. The SMILES string of the molecule is COc1ccc(-c2cc([C@](C)(O)CCC=C(C)C)on2)cc1. The minimum atomic E-state index is -1.02. The zero-order chi connectivity index (χ0) is 16.2. The summed E-state index contributed by atoms with van der Waals surface area (Å²) in [5.74, 6) is 1.28. The third-order valence-corrected chi connectivity index (χ3v) is 3.61. The van der Waals surface area contributed by atoms with Crippen molar-refractivity contribution in [2.75, 3.05) is 7.11 Å². The Balaban J connectivity index is 2.13. The van der Waals surface area contributed by atoms with Crippen molar-refractivity contribution >= 4 is 0 Å². The van der Waals surface area contributed by atoms with E-state index in [1.54, 1.807) is 20.1 Å². The van der Waals surface area contributed by atoms with Gasteiger partial charge in [-0.3, -0.25) is 0 Å². The van der Waals surface area contributed by atoms with E-state index in [0.717, 1.165) is 17.7 Å². The molecule has 0 amide bonds. The van der Waals surface area contributed by atoms with Crippen molar-refractivity contribution in [1.29, 1.82) is 0 Å². The van der Waals surface area contributed by atoms with E-state index < -0.39 is 5.60 Å². The molecule has 1 aromatic heterocycles. The molecule has 0 aliphatic rings. The lowest BCUT2D eigenvalue weighted by atomic mass is 9.96. The van der Waals surface area contributed by atoms with Crippen LogP contribution in [0.25, 0.3) is 11.3 Å². The van der Waals surface area contributed by atoms with E-state index in [1.165, 1.54) is 5.57 Å². The molecule has 2 aromatic rings. The average Bonchev–Trinajstić information content (AvgIpc) is 2.97. The number of aromatic nitrogens is 1. The molecule has 1 atom stereocenters. The van der Waals surface area contributed by atoms with Gasteiger partial charge in [-0.1, -0.05) is 16.8 Å². The Hall–Kier alpha value is -2.07. The molecule has 4 heteroatoms. The quantitative estimate of drug-likeness (QED) is 0.808. The lowest BCUT2D eigenvalue weighted by molar-refractivity contribution is 0.0206. The molecule has 0 unspecified atom stereocenters. The number of benzene rings is 1. The average molecular weight is 301 g/mol. The van der Waals surface area contributed by atoms with E-state index in [1.807, 2.05) is 38.1 Å². The zero-order valence-corrected chi connectivity index (χ0v) is 13.6. The van der Waals surface area contributed by atoms with E-state index >= 15 is 0 Å². The van der Waals surface area contributed by atoms with Crippen LogP contribution in [0.15, 0.2) is 46.5 Å². The van der Waals surface area contributed by atoms with Crippen molar-refractivity contribution in [1.82, 2.24) is 5.16 Å². The van der Waals surface area contributed by atoms with Gasteiger partial charge in [0.15, 0.2) is 5.76 Å². The van der Waals surface area contributed by atoms with Crippen molar-refractivity contribution in [3.8, 4) is 17.0 Å². The van der Waals surface area contributed by atoms with E-state index in [0.29, 0.717) is 17.9 Å². The zero-order valence-electron chi connectivity index (χ0n) is 13.6. The normalized spacial score (nSPS) is 13.5. The van der Waals surface area contributed by atoms with Gasteiger partial charge in [-0.25, -0.2) is 0 Å².